The molecule has 21 heavy (non-hydrogen) atoms. The van der Waals surface area contributed by atoms with Gasteiger partial charge in [-0.25, -0.2) is 14.8 Å². The van der Waals surface area contributed by atoms with E-state index in [1.54, 1.807) is 6.20 Å². The number of nitrogens with two attached hydrogens (primary N) is 1. The fourth-order valence-corrected chi connectivity index (χ4v) is 2.45. The Bertz CT molecular complexity index is 437. The summed E-state index contributed by atoms with van der Waals surface area (Å²) in [4.78, 5) is 21.6. The van der Waals surface area contributed by atoms with Gasteiger partial charge in [-0.1, -0.05) is 27.7 Å². The van der Waals surface area contributed by atoms with Gasteiger partial charge in [0.15, 0.2) is 5.69 Å². The Kier molecular flexibility index (Phi) is 6.55. The van der Waals surface area contributed by atoms with Crippen LogP contribution in [0.4, 0.5) is 5.82 Å². The summed E-state index contributed by atoms with van der Waals surface area (Å²) < 4.78 is 4.57. The molecule has 1 saturated carbocycles. The van der Waals surface area contributed by atoms with E-state index in [1.807, 2.05) is 27.7 Å². The molecule has 2 atom stereocenters. The summed E-state index contributed by atoms with van der Waals surface area (Å²) in [7, 11) is 1.33. The second-order valence-electron chi connectivity index (χ2n) is 4.56. The number of methoxy groups -OCH3 is 1. The molecule has 0 radical (unpaired) electrons. The van der Waals surface area contributed by atoms with Crippen molar-refractivity contribution in [2.24, 2.45) is 17.6 Å². The highest BCUT2D eigenvalue weighted by Gasteiger charge is 2.53. The fourth-order valence-electron chi connectivity index (χ4n) is 2.45. The van der Waals surface area contributed by atoms with Gasteiger partial charge in [0, 0.05) is 19.1 Å². The molecule has 118 valence electrons. The number of esters is 1. The lowest BCUT2D eigenvalue weighted by molar-refractivity contribution is 0.0593. The average molecular weight is 294 g/mol. The largest absolute Gasteiger partial charge is 0.464 e. The number of rotatable bonds is 2. The van der Waals surface area contributed by atoms with Crippen LogP contribution < -0.4 is 10.6 Å². The minimum atomic E-state index is -0.463. The number of hydrogen-bond acceptors (Lipinski definition) is 6. The number of anilines is 1. The van der Waals surface area contributed by atoms with Crippen LogP contribution in [0.1, 0.15) is 38.2 Å². The van der Waals surface area contributed by atoms with Crippen LogP contribution in [0.5, 0.6) is 0 Å². The number of piperidine rings is 1. The lowest BCUT2D eigenvalue weighted by atomic mass is 10.4. The Morgan fingerprint density at radius 3 is 2.19 bits per heavy atom. The van der Waals surface area contributed by atoms with Crippen molar-refractivity contribution < 1.29 is 9.53 Å². The molecule has 0 spiro atoms. The van der Waals surface area contributed by atoms with Crippen LogP contribution in [0.15, 0.2) is 12.4 Å². The highest BCUT2D eigenvalue weighted by Crippen LogP contribution is 2.44. The van der Waals surface area contributed by atoms with Crippen molar-refractivity contribution in [3.05, 3.63) is 18.1 Å². The van der Waals surface area contributed by atoms with E-state index in [9.17, 15) is 4.79 Å². The second-order valence-corrected chi connectivity index (χ2v) is 4.56. The SMILES string of the molecule is CC.CC.COC(=O)c1cnc(N2CC3C(N)C3C2)cn1. The van der Waals surface area contributed by atoms with Gasteiger partial charge >= 0.3 is 5.97 Å². The third-order valence-corrected chi connectivity index (χ3v) is 3.62. The zero-order chi connectivity index (χ0) is 16.0. The van der Waals surface area contributed by atoms with Crippen molar-refractivity contribution in [1.29, 1.82) is 0 Å². The Balaban J connectivity index is 0.000000510. The van der Waals surface area contributed by atoms with Crippen LogP contribution in [-0.4, -0.2) is 42.2 Å². The molecule has 1 aromatic rings. The highest BCUT2D eigenvalue weighted by molar-refractivity contribution is 5.86. The molecule has 2 fully saturated rings. The third-order valence-electron chi connectivity index (χ3n) is 3.62. The Hall–Kier alpha value is -1.69. The van der Waals surface area contributed by atoms with Crippen LogP contribution in [-0.2, 0) is 4.74 Å². The van der Waals surface area contributed by atoms with Gasteiger partial charge in [-0.3, -0.25) is 0 Å². The molecule has 1 aliphatic carbocycles. The molecule has 6 heteroatoms. The topological polar surface area (TPSA) is 81.3 Å². The molecule has 0 amide bonds. The lowest BCUT2D eigenvalue weighted by Crippen LogP contribution is -2.28. The Labute approximate surface area is 126 Å². The van der Waals surface area contributed by atoms with E-state index < -0.39 is 5.97 Å². The van der Waals surface area contributed by atoms with E-state index in [0.717, 1.165) is 18.9 Å². The van der Waals surface area contributed by atoms with E-state index in [0.29, 0.717) is 17.9 Å². The standard InChI is InChI=1S/C11H14N4O2.2C2H6/c1-17-11(16)8-2-14-9(3-13-8)15-4-6-7(5-15)10(6)12;2*1-2/h2-3,6-7,10H,4-5,12H2,1H3;2*1-2H3. The fraction of sp³-hybridized carbons (Fsp3) is 0.667. The average Bonchev–Trinajstić information content (AvgIpc) is 2.98. The minimum absolute atomic E-state index is 0.234. The summed E-state index contributed by atoms with van der Waals surface area (Å²) in [5.74, 6) is 1.56. The molecule has 1 aliphatic heterocycles. The zero-order valence-electron chi connectivity index (χ0n) is 13.5. The quantitative estimate of drug-likeness (QED) is 0.836. The van der Waals surface area contributed by atoms with Crippen molar-refractivity contribution in [2.75, 3.05) is 25.1 Å². The van der Waals surface area contributed by atoms with Gasteiger partial charge in [-0.05, 0) is 11.8 Å². The van der Waals surface area contributed by atoms with Crippen molar-refractivity contribution in [3.63, 3.8) is 0 Å². The predicted molar refractivity (Wildman–Crippen MR) is 83.2 cm³/mol. The van der Waals surface area contributed by atoms with Gasteiger partial charge < -0.3 is 15.4 Å². The molecule has 1 aromatic heterocycles. The normalized spacial score (nSPS) is 24.9. The summed E-state index contributed by atoms with van der Waals surface area (Å²) in [5, 5.41) is 0. The molecule has 2 unspecified atom stereocenters. The van der Waals surface area contributed by atoms with Gasteiger partial charge in [-0.15, -0.1) is 0 Å². The van der Waals surface area contributed by atoms with Gasteiger partial charge in [0.05, 0.1) is 19.5 Å². The van der Waals surface area contributed by atoms with Crippen LogP contribution in [0.25, 0.3) is 0 Å². The molecule has 0 aromatic carbocycles. The third kappa shape index (κ3) is 3.69. The molecule has 3 rings (SSSR count). The van der Waals surface area contributed by atoms with Crippen molar-refractivity contribution in [2.45, 2.75) is 33.7 Å². The number of carbonyl (C=O) groups excluding carboxylic acids is 1. The minimum Gasteiger partial charge on any atom is -0.464 e. The van der Waals surface area contributed by atoms with Crippen LogP contribution in [0, 0.1) is 11.8 Å². The van der Waals surface area contributed by atoms with E-state index in [2.05, 4.69) is 19.6 Å². The molecular formula is C15H26N4O2. The number of hydrogen-bond donors (Lipinski definition) is 1. The summed E-state index contributed by atoms with van der Waals surface area (Å²) in [5.41, 5.74) is 6.10. The monoisotopic (exact) mass is 294 g/mol. The molecular weight excluding hydrogens is 268 g/mol. The van der Waals surface area contributed by atoms with Gasteiger partial charge in [0.1, 0.15) is 5.82 Å². The molecule has 6 nitrogen and oxygen atoms in total. The van der Waals surface area contributed by atoms with Crippen LogP contribution >= 0.6 is 0 Å². The highest BCUT2D eigenvalue weighted by atomic mass is 16.5. The van der Waals surface area contributed by atoms with Crippen molar-refractivity contribution in [1.82, 2.24) is 9.97 Å². The summed E-state index contributed by atoms with van der Waals surface area (Å²) in [6, 6.07) is 0.369. The van der Waals surface area contributed by atoms with Gasteiger partial charge in [0.25, 0.3) is 0 Å². The molecule has 1 saturated heterocycles. The predicted octanol–water partition coefficient (Wildman–Crippen LogP) is 1.71. The molecule has 2 N–H and O–H groups in total. The number of fused-ring (bicyclic) bond motifs is 1. The van der Waals surface area contributed by atoms with Crippen molar-refractivity contribution >= 4 is 11.8 Å². The Morgan fingerprint density at radius 1 is 1.19 bits per heavy atom. The summed E-state index contributed by atoms with van der Waals surface area (Å²) in [6.07, 6.45) is 3.06. The first-order chi connectivity index (χ1) is 10.2. The molecule has 2 aliphatic rings. The number of nitrogens with zero attached hydrogens (tertiary/aromatic N) is 3. The maximum atomic E-state index is 11.2. The summed E-state index contributed by atoms with van der Waals surface area (Å²) >= 11 is 0. The first-order valence-electron chi connectivity index (χ1n) is 7.61. The maximum absolute atomic E-state index is 11.2. The van der Waals surface area contributed by atoms with Crippen molar-refractivity contribution in [3.8, 4) is 0 Å². The van der Waals surface area contributed by atoms with E-state index in [4.69, 9.17) is 5.73 Å². The van der Waals surface area contributed by atoms with E-state index in [1.165, 1.54) is 13.3 Å². The zero-order valence-corrected chi connectivity index (χ0v) is 13.5. The number of ether oxygens (including phenoxy) is 1. The Morgan fingerprint density at radius 2 is 1.76 bits per heavy atom. The molecule has 2 heterocycles. The maximum Gasteiger partial charge on any atom is 0.358 e. The number of carbonyl (C=O) groups is 1. The number of aromatic nitrogens is 2. The summed E-state index contributed by atoms with van der Waals surface area (Å²) in [6.45, 7) is 9.89. The first kappa shape index (κ1) is 17.4. The molecule has 0 bridgehead atoms. The van der Waals surface area contributed by atoms with Gasteiger partial charge in [0.2, 0.25) is 0 Å². The van der Waals surface area contributed by atoms with Gasteiger partial charge in [-0.2, -0.15) is 0 Å². The lowest BCUT2D eigenvalue weighted by Gasteiger charge is -2.19. The van der Waals surface area contributed by atoms with Crippen LogP contribution in [0.3, 0.4) is 0 Å². The van der Waals surface area contributed by atoms with Crippen LogP contribution in [0.2, 0.25) is 0 Å². The first-order valence-corrected chi connectivity index (χ1v) is 7.61. The van der Waals surface area contributed by atoms with E-state index in [-0.39, 0.29) is 5.69 Å². The smallest absolute Gasteiger partial charge is 0.358 e. The second kappa shape index (κ2) is 7.93. The van der Waals surface area contributed by atoms with E-state index >= 15 is 0 Å².